The fourth-order valence-electron chi connectivity index (χ4n) is 3.04. The van der Waals surface area contributed by atoms with E-state index in [0.29, 0.717) is 6.42 Å². The van der Waals surface area contributed by atoms with Gasteiger partial charge < -0.3 is 10.3 Å². The molecule has 0 saturated heterocycles. The molecule has 1 aromatic carbocycles. The third-order valence-electron chi connectivity index (χ3n) is 3.99. The molecule has 1 amide bonds. The zero-order valence-corrected chi connectivity index (χ0v) is 11.6. The van der Waals surface area contributed by atoms with E-state index in [0.717, 1.165) is 42.1 Å². The maximum Gasteiger partial charge on any atom is 0.220 e. The number of amides is 1. The van der Waals surface area contributed by atoms with E-state index in [4.69, 9.17) is 0 Å². The number of aromatic amines is 1. The van der Waals surface area contributed by atoms with Gasteiger partial charge in [-0.3, -0.25) is 4.79 Å². The van der Waals surface area contributed by atoms with Crippen LogP contribution in [-0.2, 0) is 17.6 Å². The quantitative estimate of drug-likeness (QED) is 0.887. The van der Waals surface area contributed by atoms with Crippen molar-refractivity contribution < 1.29 is 9.18 Å². The first kappa shape index (κ1) is 13.2. The van der Waals surface area contributed by atoms with Crippen LogP contribution >= 0.6 is 0 Å². The van der Waals surface area contributed by atoms with E-state index in [1.165, 1.54) is 11.8 Å². The Morgan fingerprint density at radius 3 is 3.15 bits per heavy atom. The average Bonchev–Trinajstić information content (AvgIpc) is 2.76. The zero-order chi connectivity index (χ0) is 14.1. The van der Waals surface area contributed by atoms with Gasteiger partial charge in [0.05, 0.1) is 0 Å². The van der Waals surface area contributed by atoms with Gasteiger partial charge in [-0.05, 0) is 49.4 Å². The van der Waals surface area contributed by atoms with Crippen LogP contribution in [0.4, 0.5) is 4.39 Å². The highest BCUT2D eigenvalue weighted by Crippen LogP contribution is 2.29. The lowest BCUT2D eigenvalue weighted by Gasteiger charge is -2.23. The number of aryl methyl sites for hydroxylation is 1. The van der Waals surface area contributed by atoms with Crippen LogP contribution in [0.25, 0.3) is 10.9 Å². The van der Waals surface area contributed by atoms with Gasteiger partial charge in [-0.15, -0.1) is 0 Å². The Kier molecular flexibility index (Phi) is 3.47. The molecule has 4 heteroatoms. The Labute approximate surface area is 117 Å². The van der Waals surface area contributed by atoms with Crippen molar-refractivity contribution in [1.29, 1.82) is 0 Å². The minimum absolute atomic E-state index is 0.118. The van der Waals surface area contributed by atoms with Gasteiger partial charge in [0.25, 0.3) is 0 Å². The van der Waals surface area contributed by atoms with Crippen molar-refractivity contribution in [3.05, 3.63) is 35.3 Å². The van der Waals surface area contributed by atoms with Crippen LogP contribution in [0.15, 0.2) is 18.2 Å². The van der Waals surface area contributed by atoms with Crippen LogP contribution in [-0.4, -0.2) is 16.9 Å². The molecule has 1 heterocycles. The molecular formula is C16H19FN2O. The fourth-order valence-corrected chi connectivity index (χ4v) is 3.04. The number of H-pyrrole nitrogens is 1. The van der Waals surface area contributed by atoms with Crippen LogP contribution in [0.1, 0.15) is 37.4 Å². The summed E-state index contributed by atoms with van der Waals surface area (Å²) in [6.07, 6.45) is 4.07. The Bertz CT molecular complexity index is 647. The molecule has 1 unspecified atom stereocenters. The van der Waals surface area contributed by atoms with Gasteiger partial charge in [0, 0.05) is 29.1 Å². The number of halogens is 1. The lowest BCUT2D eigenvalue weighted by molar-refractivity contribution is -0.121. The predicted molar refractivity (Wildman–Crippen MR) is 77.1 cm³/mol. The summed E-state index contributed by atoms with van der Waals surface area (Å²) in [5.74, 6) is -0.0941. The van der Waals surface area contributed by atoms with Crippen molar-refractivity contribution in [3.63, 3.8) is 0 Å². The Morgan fingerprint density at radius 1 is 1.50 bits per heavy atom. The lowest BCUT2D eigenvalue weighted by Crippen LogP contribution is -2.38. The van der Waals surface area contributed by atoms with Gasteiger partial charge in [-0.25, -0.2) is 4.39 Å². The lowest BCUT2D eigenvalue weighted by atomic mass is 9.91. The van der Waals surface area contributed by atoms with E-state index in [1.807, 2.05) is 6.92 Å². The molecule has 1 atom stereocenters. The van der Waals surface area contributed by atoms with E-state index in [9.17, 15) is 9.18 Å². The maximum absolute atomic E-state index is 13.4. The highest BCUT2D eigenvalue weighted by atomic mass is 19.1. The Hall–Kier alpha value is -1.84. The molecule has 0 radical (unpaired) electrons. The van der Waals surface area contributed by atoms with E-state index in [2.05, 4.69) is 10.3 Å². The highest BCUT2D eigenvalue weighted by Gasteiger charge is 2.23. The Balaban J connectivity index is 1.84. The summed E-state index contributed by atoms with van der Waals surface area (Å²) in [7, 11) is 0. The SMILES string of the molecule is CCCC(=O)NC1CCc2[nH]c3ccc(F)cc3c2C1. The summed E-state index contributed by atoms with van der Waals surface area (Å²) >= 11 is 0. The number of hydrogen-bond donors (Lipinski definition) is 2. The first-order chi connectivity index (χ1) is 9.67. The number of rotatable bonds is 3. The third-order valence-corrected chi connectivity index (χ3v) is 3.99. The summed E-state index contributed by atoms with van der Waals surface area (Å²) in [5.41, 5.74) is 3.33. The number of benzene rings is 1. The van der Waals surface area contributed by atoms with Crippen molar-refractivity contribution >= 4 is 16.8 Å². The summed E-state index contributed by atoms with van der Waals surface area (Å²) in [5, 5.41) is 4.04. The minimum Gasteiger partial charge on any atom is -0.358 e. The molecule has 3 nitrogen and oxygen atoms in total. The van der Waals surface area contributed by atoms with Crippen molar-refractivity contribution in [1.82, 2.24) is 10.3 Å². The molecule has 3 rings (SSSR count). The molecule has 2 aromatic rings. The number of aromatic nitrogens is 1. The van der Waals surface area contributed by atoms with Gasteiger partial charge >= 0.3 is 0 Å². The molecule has 2 N–H and O–H groups in total. The Morgan fingerprint density at radius 2 is 2.35 bits per heavy atom. The smallest absolute Gasteiger partial charge is 0.220 e. The molecule has 20 heavy (non-hydrogen) atoms. The maximum atomic E-state index is 13.4. The van der Waals surface area contributed by atoms with Crippen molar-refractivity contribution in [3.8, 4) is 0 Å². The summed E-state index contributed by atoms with van der Waals surface area (Å²) in [6, 6.07) is 5.02. The van der Waals surface area contributed by atoms with Gasteiger partial charge in [-0.2, -0.15) is 0 Å². The number of nitrogens with one attached hydrogen (secondary N) is 2. The second-order valence-corrected chi connectivity index (χ2v) is 5.53. The predicted octanol–water partition coefficient (Wildman–Crippen LogP) is 3.08. The number of fused-ring (bicyclic) bond motifs is 3. The van der Waals surface area contributed by atoms with E-state index in [-0.39, 0.29) is 17.8 Å². The van der Waals surface area contributed by atoms with Crippen molar-refractivity contribution in [2.45, 2.75) is 45.1 Å². The summed E-state index contributed by atoms with van der Waals surface area (Å²) in [4.78, 5) is 15.1. The number of carbonyl (C=O) groups excluding carboxylic acids is 1. The molecule has 0 fully saturated rings. The van der Waals surface area contributed by atoms with E-state index < -0.39 is 0 Å². The van der Waals surface area contributed by atoms with Gasteiger partial charge in [0.1, 0.15) is 5.82 Å². The largest absolute Gasteiger partial charge is 0.358 e. The topological polar surface area (TPSA) is 44.9 Å². The summed E-state index contributed by atoms with van der Waals surface area (Å²) in [6.45, 7) is 2.00. The normalized spacial score (nSPS) is 18.0. The van der Waals surface area contributed by atoms with Gasteiger partial charge in [-0.1, -0.05) is 6.92 Å². The highest BCUT2D eigenvalue weighted by molar-refractivity contribution is 5.85. The van der Waals surface area contributed by atoms with Gasteiger partial charge in [0.2, 0.25) is 5.91 Å². The van der Waals surface area contributed by atoms with Crippen LogP contribution < -0.4 is 5.32 Å². The van der Waals surface area contributed by atoms with Crippen LogP contribution in [0, 0.1) is 5.82 Å². The molecule has 0 saturated carbocycles. The van der Waals surface area contributed by atoms with Gasteiger partial charge in [0.15, 0.2) is 0 Å². The molecule has 0 spiro atoms. The molecule has 1 aromatic heterocycles. The average molecular weight is 274 g/mol. The first-order valence-corrected chi connectivity index (χ1v) is 7.25. The molecular weight excluding hydrogens is 255 g/mol. The molecule has 106 valence electrons. The minimum atomic E-state index is -0.212. The number of carbonyl (C=O) groups is 1. The van der Waals surface area contributed by atoms with Crippen molar-refractivity contribution in [2.75, 3.05) is 0 Å². The van der Waals surface area contributed by atoms with Crippen LogP contribution in [0.2, 0.25) is 0 Å². The molecule has 0 aliphatic heterocycles. The summed E-state index contributed by atoms with van der Waals surface area (Å²) < 4.78 is 13.4. The van der Waals surface area contributed by atoms with Crippen molar-refractivity contribution in [2.24, 2.45) is 0 Å². The molecule has 0 bridgehead atoms. The first-order valence-electron chi connectivity index (χ1n) is 7.25. The fraction of sp³-hybridized carbons (Fsp3) is 0.438. The van der Waals surface area contributed by atoms with Crippen LogP contribution in [0.3, 0.4) is 0 Å². The second kappa shape index (κ2) is 5.27. The van der Waals surface area contributed by atoms with Crippen LogP contribution in [0.5, 0.6) is 0 Å². The third kappa shape index (κ3) is 2.42. The monoisotopic (exact) mass is 274 g/mol. The van der Waals surface area contributed by atoms with E-state index in [1.54, 1.807) is 12.1 Å². The molecule has 1 aliphatic rings. The number of hydrogen-bond acceptors (Lipinski definition) is 1. The second-order valence-electron chi connectivity index (χ2n) is 5.53. The zero-order valence-electron chi connectivity index (χ0n) is 11.6. The molecule has 1 aliphatic carbocycles. The standard InChI is InChI=1S/C16H19FN2O/c1-2-3-16(20)18-11-5-7-15-13(9-11)12-8-10(17)4-6-14(12)19-15/h4,6,8,11,19H,2-3,5,7,9H2,1H3,(H,18,20). The van der Waals surface area contributed by atoms with E-state index >= 15 is 0 Å².